The minimum atomic E-state index is -0.112. The molecule has 0 spiro atoms. The maximum atomic E-state index is 13.1. The predicted octanol–water partition coefficient (Wildman–Crippen LogP) is 4.37. The molecule has 0 amide bonds. The van der Waals surface area contributed by atoms with Crippen molar-refractivity contribution in [2.45, 2.75) is 20.0 Å². The molecule has 31 heavy (non-hydrogen) atoms. The molecule has 6 heteroatoms. The second kappa shape index (κ2) is 7.89. The van der Waals surface area contributed by atoms with E-state index in [2.05, 4.69) is 9.88 Å². The van der Waals surface area contributed by atoms with Crippen molar-refractivity contribution < 1.29 is 19.0 Å². The number of hydrogen-bond donors (Lipinski definition) is 0. The summed E-state index contributed by atoms with van der Waals surface area (Å²) < 4.78 is 17.2. The van der Waals surface area contributed by atoms with Gasteiger partial charge in [0.15, 0.2) is 5.76 Å². The average Bonchev–Trinajstić information content (AvgIpc) is 3.11. The number of carbonyl (C=O) groups is 1. The topological polar surface area (TPSA) is 60.9 Å². The molecule has 2 aromatic carbocycles. The molecule has 6 nitrogen and oxygen atoms in total. The molecule has 2 aliphatic rings. The van der Waals surface area contributed by atoms with E-state index in [0.29, 0.717) is 36.9 Å². The predicted molar refractivity (Wildman–Crippen MR) is 116 cm³/mol. The van der Waals surface area contributed by atoms with Gasteiger partial charge in [-0.05, 0) is 48.9 Å². The molecule has 0 radical (unpaired) electrons. The maximum absolute atomic E-state index is 13.1. The summed E-state index contributed by atoms with van der Waals surface area (Å²) in [7, 11) is 1.62. The smallest absolute Gasteiger partial charge is 0.231 e. The molecule has 0 saturated heterocycles. The Balaban J connectivity index is 1.41. The van der Waals surface area contributed by atoms with Crippen molar-refractivity contribution in [3.8, 4) is 17.2 Å². The van der Waals surface area contributed by atoms with Crippen LogP contribution in [0.1, 0.15) is 32.7 Å². The largest absolute Gasteiger partial charge is 0.497 e. The maximum Gasteiger partial charge on any atom is 0.231 e. The summed E-state index contributed by atoms with van der Waals surface area (Å²) in [6.07, 6.45) is 3.55. The Morgan fingerprint density at radius 3 is 2.74 bits per heavy atom. The van der Waals surface area contributed by atoms with E-state index in [1.807, 2.05) is 55.5 Å². The zero-order chi connectivity index (χ0) is 21.4. The van der Waals surface area contributed by atoms with Crippen LogP contribution in [0.5, 0.6) is 17.2 Å². The normalized spacial score (nSPS) is 16.5. The quantitative estimate of drug-likeness (QED) is 0.591. The van der Waals surface area contributed by atoms with Crippen molar-refractivity contribution in [2.75, 3.05) is 13.8 Å². The molecule has 0 bridgehead atoms. The number of hydrogen-bond acceptors (Lipinski definition) is 6. The average molecular weight is 414 g/mol. The highest BCUT2D eigenvalue weighted by molar-refractivity contribution is 6.15. The van der Waals surface area contributed by atoms with Crippen molar-refractivity contribution in [1.29, 1.82) is 0 Å². The van der Waals surface area contributed by atoms with Crippen molar-refractivity contribution in [1.82, 2.24) is 9.88 Å². The summed E-state index contributed by atoms with van der Waals surface area (Å²) >= 11 is 0. The van der Waals surface area contributed by atoms with E-state index in [0.717, 1.165) is 33.9 Å². The zero-order valence-electron chi connectivity index (χ0n) is 17.4. The minimum absolute atomic E-state index is 0.112. The second-order valence-corrected chi connectivity index (χ2v) is 7.66. The van der Waals surface area contributed by atoms with Gasteiger partial charge in [-0.1, -0.05) is 18.2 Å². The van der Waals surface area contributed by atoms with Crippen molar-refractivity contribution >= 4 is 11.9 Å². The number of fused-ring (bicyclic) bond motifs is 2. The SMILES string of the molecule is COc1ccc(/C=C2\Oc3c(cc4c(c3C)OCN(Cc3ccccn3)C4)C2=O)cc1. The number of methoxy groups -OCH3 is 1. The molecule has 3 aromatic rings. The third-order valence-corrected chi connectivity index (χ3v) is 5.53. The van der Waals surface area contributed by atoms with Crippen LogP contribution in [-0.2, 0) is 13.1 Å². The van der Waals surface area contributed by atoms with E-state index in [1.54, 1.807) is 19.4 Å². The lowest BCUT2D eigenvalue weighted by atomic mass is 10.00. The van der Waals surface area contributed by atoms with Crippen LogP contribution in [0.4, 0.5) is 0 Å². The number of aromatic nitrogens is 1. The van der Waals surface area contributed by atoms with Gasteiger partial charge in [-0.2, -0.15) is 0 Å². The molecule has 3 heterocycles. The summed E-state index contributed by atoms with van der Waals surface area (Å²) in [5.74, 6) is 2.35. The monoisotopic (exact) mass is 414 g/mol. The second-order valence-electron chi connectivity index (χ2n) is 7.66. The minimum Gasteiger partial charge on any atom is -0.497 e. The fraction of sp³-hybridized carbons (Fsp3) is 0.200. The molecule has 0 N–H and O–H groups in total. The number of nitrogens with zero attached hydrogens (tertiary/aromatic N) is 2. The van der Waals surface area contributed by atoms with Crippen LogP contribution < -0.4 is 14.2 Å². The molecule has 0 aliphatic carbocycles. The number of carbonyl (C=O) groups excluding carboxylic acids is 1. The van der Waals surface area contributed by atoms with Crippen LogP contribution in [0, 0.1) is 6.92 Å². The number of rotatable bonds is 4. The Morgan fingerprint density at radius 2 is 2.00 bits per heavy atom. The van der Waals surface area contributed by atoms with Crippen molar-refractivity contribution in [3.63, 3.8) is 0 Å². The highest BCUT2D eigenvalue weighted by Gasteiger charge is 2.33. The lowest BCUT2D eigenvalue weighted by molar-refractivity contribution is 0.0865. The first-order chi connectivity index (χ1) is 15.1. The lowest BCUT2D eigenvalue weighted by Gasteiger charge is -2.30. The fourth-order valence-electron chi connectivity index (χ4n) is 3.97. The first kappa shape index (κ1) is 19.3. The Kier molecular flexibility index (Phi) is 4.92. The highest BCUT2D eigenvalue weighted by atomic mass is 16.5. The molecule has 2 aliphatic heterocycles. The number of pyridine rings is 1. The highest BCUT2D eigenvalue weighted by Crippen LogP contribution is 2.43. The molecular weight excluding hydrogens is 392 g/mol. The summed E-state index contributed by atoms with van der Waals surface area (Å²) in [5.41, 5.74) is 4.28. The molecular formula is C25H22N2O4. The number of ether oxygens (including phenoxy) is 3. The molecule has 0 fully saturated rings. The van der Waals surface area contributed by atoms with E-state index in [-0.39, 0.29) is 5.78 Å². The van der Waals surface area contributed by atoms with E-state index < -0.39 is 0 Å². The Morgan fingerprint density at radius 1 is 1.16 bits per heavy atom. The van der Waals surface area contributed by atoms with Gasteiger partial charge in [0, 0.05) is 30.4 Å². The standard InChI is InChI=1S/C25H22N2O4/c1-16-24-18(13-27(15-30-24)14-19-5-3-4-10-26-19)12-21-23(28)22(31-25(16)21)11-17-6-8-20(29-2)9-7-17/h3-12H,13-15H2,1-2H3/b22-11-. The third-order valence-electron chi connectivity index (χ3n) is 5.53. The molecule has 0 atom stereocenters. The van der Waals surface area contributed by atoms with Crippen LogP contribution in [-0.4, -0.2) is 29.5 Å². The zero-order valence-corrected chi connectivity index (χ0v) is 17.4. The van der Waals surface area contributed by atoms with Crippen LogP contribution in [0.25, 0.3) is 6.08 Å². The van der Waals surface area contributed by atoms with Crippen molar-refractivity contribution in [2.24, 2.45) is 0 Å². The molecule has 156 valence electrons. The lowest BCUT2D eigenvalue weighted by Crippen LogP contribution is -2.32. The number of allylic oxidation sites excluding steroid dienone is 1. The van der Waals surface area contributed by atoms with Gasteiger partial charge in [-0.25, -0.2) is 0 Å². The Hall–Kier alpha value is -3.64. The van der Waals surface area contributed by atoms with E-state index >= 15 is 0 Å². The first-order valence-electron chi connectivity index (χ1n) is 10.1. The summed E-state index contributed by atoms with van der Waals surface area (Å²) in [4.78, 5) is 19.6. The van der Waals surface area contributed by atoms with Gasteiger partial charge >= 0.3 is 0 Å². The Bertz CT molecular complexity index is 1170. The molecule has 5 rings (SSSR count). The molecule has 0 saturated carbocycles. The van der Waals surface area contributed by atoms with Crippen LogP contribution in [0.15, 0.2) is 60.5 Å². The van der Waals surface area contributed by atoms with Gasteiger partial charge < -0.3 is 14.2 Å². The van der Waals surface area contributed by atoms with Gasteiger partial charge in [0.2, 0.25) is 5.78 Å². The number of Topliss-reactive ketones (excluding diaryl/α,β-unsaturated/α-hetero) is 1. The van der Waals surface area contributed by atoms with E-state index in [4.69, 9.17) is 14.2 Å². The van der Waals surface area contributed by atoms with Gasteiger partial charge in [0.1, 0.15) is 24.0 Å². The van der Waals surface area contributed by atoms with Gasteiger partial charge in [-0.15, -0.1) is 0 Å². The van der Waals surface area contributed by atoms with Crippen LogP contribution >= 0.6 is 0 Å². The molecule has 0 unspecified atom stereocenters. The summed E-state index contributed by atoms with van der Waals surface area (Å²) in [6, 6.07) is 15.3. The van der Waals surface area contributed by atoms with Crippen molar-refractivity contribution in [3.05, 3.63) is 88.4 Å². The van der Waals surface area contributed by atoms with Crippen LogP contribution in [0.3, 0.4) is 0 Å². The molecule has 1 aromatic heterocycles. The third kappa shape index (κ3) is 3.66. The van der Waals surface area contributed by atoms with Gasteiger partial charge in [-0.3, -0.25) is 14.7 Å². The first-order valence-corrected chi connectivity index (χ1v) is 10.1. The summed E-state index contributed by atoms with van der Waals surface area (Å²) in [5, 5.41) is 0. The van der Waals surface area contributed by atoms with Crippen LogP contribution in [0.2, 0.25) is 0 Å². The summed E-state index contributed by atoms with van der Waals surface area (Å²) in [6.45, 7) is 3.77. The van der Waals surface area contributed by atoms with E-state index in [1.165, 1.54) is 0 Å². The van der Waals surface area contributed by atoms with E-state index in [9.17, 15) is 4.79 Å². The Labute approximate surface area is 180 Å². The van der Waals surface area contributed by atoms with Gasteiger partial charge in [0.05, 0.1) is 18.4 Å². The number of benzene rings is 2. The fourth-order valence-corrected chi connectivity index (χ4v) is 3.97. The number of ketones is 1. The van der Waals surface area contributed by atoms with Gasteiger partial charge in [0.25, 0.3) is 0 Å².